The molecule has 2 heterocycles. The van der Waals surface area contributed by atoms with Crippen molar-refractivity contribution < 1.29 is 9.90 Å². The number of hydrogen-bond donors (Lipinski definition) is 1. The monoisotopic (exact) mass is 298 g/mol. The first-order chi connectivity index (χ1) is 10.7. The van der Waals surface area contributed by atoms with Gasteiger partial charge in [0.25, 0.3) is 0 Å². The zero-order valence-electron chi connectivity index (χ0n) is 12.4. The molecule has 1 aliphatic rings. The van der Waals surface area contributed by atoms with E-state index in [-0.39, 0.29) is 6.04 Å². The fraction of sp³-hybridized carbons (Fsp3) is 0.312. The fourth-order valence-electron chi connectivity index (χ4n) is 2.83. The molecule has 1 aromatic heterocycles. The van der Waals surface area contributed by atoms with E-state index in [0.29, 0.717) is 19.6 Å². The van der Waals surface area contributed by atoms with Gasteiger partial charge in [-0.25, -0.2) is 14.8 Å². The summed E-state index contributed by atoms with van der Waals surface area (Å²) < 4.78 is 0. The van der Waals surface area contributed by atoms with Crippen molar-refractivity contribution in [1.29, 1.82) is 0 Å². The molecule has 1 amide bonds. The smallest absolute Gasteiger partial charge is 0.407 e. The lowest BCUT2D eigenvalue weighted by molar-refractivity contribution is 0.123. The van der Waals surface area contributed by atoms with Gasteiger partial charge in [-0.05, 0) is 6.92 Å². The maximum atomic E-state index is 11.2. The van der Waals surface area contributed by atoms with Gasteiger partial charge in [0.1, 0.15) is 6.33 Å². The number of carbonyl (C=O) groups is 1. The van der Waals surface area contributed by atoms with Crippen LogP contribution in [0, 0.1) is 0 Å². The van der Waals surface area contributed by atoms with E-state index in [1.54, 1.807) is 12.5 Å². The standard InChI is InChI=1S/C16H18N4O2/c1-12-10-19(7-8-20(12)16(21)22)14-9-17-11-18-15(14)13-5-3-2-4-6-13/h2-6,9,11-12H,7-8,10H2,1H3,(H,21,22)/t12-/m1/s1. The second kappa shape index (κ2) is 6.01. The van der Waals surface area contributed by atoms with E-state index in [9.17, 15) is 9.90 Å². The molecule has 1 atom stereocenters. The lowest BCUT2D eigenvalue weighted by Crippen LogP contribution is -2.53. The van der Waals surface area contributed by atoms with Crippen LogP contribution in [0.2, 0.25) is 0 Å². The summed E-state index contributed by atoms with van der Waals surface area (Å²) in [6.45, 7) is 3.69. The van der Waals surface area contributed by atoms with Crippen molar-refractivity contribution in [2.75, 3.05) is 24.5 Å². The highest BCUT2D eigenvalue weighted by Crippen LogP contribution is 2.29. The van der Waals surface area contributed by atoms with E-state index < -0.39 is 6.09 Å². The molecule has 0 bridgehead atoms. The number of piperazine rings is 1. The molecule has 1 N–H and O–H groups in total. The Balaban J connectivity index is 1.89. The number of rotatable bonds is 2. The van der Waals surface area contributed by atoms with Crippen LogP contribution in [-0.4, -0.2) is 51.7 Å². The quantitative estimate of drug-likeness (QED) is 0.921. The molecular formula is C16H18N4O2. The number of carboxylic acid groups (broad SMARTS) is 1. The van der Waals surface area contributed by atoms with Crippen molar-refractivity contribution >= 4 is 11.8 Å². The second-order valence-electron chi connectivity index (χ2n) is 5.39. The highest BCUT2D eigenvalue weighted by atomic mass is 16.4. The molecule has 0 unspecified atom stereocenters. The Bertz CT molecular complexity index is 662. The molecular weight excluding hydrogens is 280 g/mol. The van der Waals surface area contributed by atoms with Gasteiger partial charge in [0, 0.05) is 31.2 Å². The third-order valence-corrected chi connectivity index (χ3v) is 3.95. The molecule has 6 nitrogen and oxygen atoms in total. The van der Waals surface area contributed by atoms with E-state index in [0.717, 1.165) is 16.9 Å². The van der Waals surface area contributed by atoms with E-state index >= 15 is 0 Å². The fourth-order valence-corrected chi connectivity index (χ4v) is 2.83. The summed E-state index contributed by atoms with van der Waals surface area (Å²) in [5.41, 5.74) is 2.87. The largest absolute Gasteiger partial charge is 0.465 e. The summed E-state index contributed by atoms with van der Waals surface area (Å²) in [5.74, 6) is 0. The zero-order valence-corrected chi connectivity index (χ0v) is 12.4. The summed E-state index contributed by atoms with van der Waals surface area (Å²) in [4.78, 5) is 23.4. The van der Waals surface area contributed by atoms with Gasteiger partial charge in [-0.2, -0.15) is 0 Å². The summed E-state index contributed by atoms with van der Waals surface area (Å²) in [6, 6.07) is 9.90. The Morgan fingerprint density at radius 3 is 2.73 bits per heavy atom. The van der Waals surface area contributed by atoms with Gasteiger partial charge in [0.2, 0.25) is 0 Å². The molecule has 0 saturated carbocycles. The van der Waals surface area contributed by atoms with Gasteiger partial charge < -0.3 is 14.9 Å². The molecule has 1 fully saturated rings. The Hall–Kier alpha value is -2.63. The van der Waals surface area contributed by atoms with Crippen molar-refractivity contribution in [2.24, 2.45) is 0 Å². The number of nitrogens with zero attached hydrogens (tertiary/aromatic N) is 4. The molecule has 0 spiro atoms. The zero-order chi connectivity index (χ0) is 15.5. The van der Waals surface area contributed by atoms with Crippen molar-refractivity contribution in [3.05, 3.63) is 42.9 Å². The highest BCUT2D eigenvalue weighted by Gasteiger charge is 2.28. The SMILES string of the molecule is C[C@@H]1CN(c2cncnc2-c2ccccc2)CCN1C(=O)O. The third-order valence-electron chi connectivity index (χ3n) is 3.95. The van der Waals surface area contributed by atoms with Gasteiger partial charge in [0.15, 0.2) is 0 Å². The Morgan fingerprint density at radius 1 is 1.27 bits per heavy atom. The van der Waals surface area contributed by atoms with Crippen LogP contribution in [0.25, 0.3) is 11.3 Å². The second-order valence-corrected chi connectivity index (χ2v) is 5.39. The van der Waals surface area contributed by atoms with Crippen molar-refractivity contribution in [1.82, 2.24) is 14.9 Å². The minimum atomic E-state index is -0.861. The van der Waals surface area contributed by atoms with E-state index in [2.05, 4.69) is 14.9 Å². The van der Waals surface area contributed by atoms with Crippen molar-refractivity contribution in [3.8, 4) is 11.3 Å². The predicted octanol–water partition coefficient (Wildman–Crippen LogP) is 2.33. The molecule has 0 radical (unpaired) electrons. The number of hydrogen-bond acceptors (Lipinski definition) is 4. The van der Waals surface area contributed by atoms with Crippen LogP contribution < -0.4 is 4.90 Å². The summed E-state index contributed by atoms with van der Waals surface area (Å²) in [6.07, 6.45) is 2.49. The Morgan fingerprint density at radius 2 is 2.05 bits per heavy atom. The first kappa shape index (κ1) is 14.3. The Kier molecular flexibility index (Phi) is 3.91. The molecule has 0 aliphatic carbocycles. The van der Waals surface area contributed by atoms with Crippen LogP contribution in [0.4, 0.5) is 10.5 Å². The van der Waals surface area contributed by atoms with Gasteiger partial charge in [-0.3, -0.25) is 0 Å². The average molecular weight is 298 g/mol. The molecule has 22 heavy (non-hydrogen) atoms. The van der Waals surface area contributed by atoms with Crippen molar-refractivity contribution in [3.63, 3.8) is 0 Å². The van der Waals surface area contributed by atoms with Gasteiger partial charge >= 0.3 is 6.09 Å². The molecule has 114 valence electrons. The lowest BCUT2D eigenvalue weighted by atomic mass is 10.1. The van der Waals surface area contributed by atoms with E-state index in [1.807, 2.05) is 37.3 Å². The molecule has 3 rings (SSSR count). The van der Waals surface area contributed by atoms with Crippen LogP contribution in [0.5, 0.6) is 0 Å². The average Bonchev–Trinajstić information content (AvgIpc) is 2.55. The summed E-state index contributed by atoms with van der Waals surface area (Å²) >= 11 is 0. The molecule has 1 aliphatic heterocycles. The van der Waals surface area contributed by atoms with Crippen LogP contribution in [0.1, 0.15) is 6.92 Å². The summed E-state index contributed by atoms with van der Waals surface area (Å²) in [5, 5.41) is 9.18. The highest BCUT2D eigenvalue weighted by molar-refractivity contribution is 5.74. The maximum absolute atomic E-state index is 11.2. The molecule has 1 saturated heterocycles. The van der Waals surface area contributed by atoms with Crippen LogP contribution in [0.15, 0.2) is 42.9 Å². The molecule has 6 heteroatoms. The number of benzene rings is 1. The maximum Gasteiger partial charge on any atom is 0.407 e. The van der Waals surface area contributed by atoms with Gasteiger partial charge in [-0.1, -0.05) is 30.3 Å². The van der Waals surface area contributed by atoms with Gasteiger partial charge in [0.05, 0.1) is 17.6 Å². The number of aromatic nitrogens is 2. The third kappa shape index (κ3) is 2.72. The lowest BCUT2D eigenvalue weighted by Gasteiger charge is -2.39. The summed E-state index contributed by atoms with van der Waals surface area (Å²) in [7, 11) is 0. The van der Waals surface area contributed by atoms with Crippen LogP contribution in [-0.2, 0) is 0 Å². The van der Waals surface area contributed by atoms with Gasteiger partial charge in [-0.15, -0.1) is 0 Å². The number of amides is 1. The molecule has 1 aromatic carbocycles. The number of anilines is 1. The van der Waals surface area contributed by atoms with E-state index in [4.69, 9.17) is 0 Å². The topological polar surface area (TPSA) is 69.6 Å². The van der Waals surface area contributed by atoms with Crippen LogP contribution >= 0.6 is 0 Å². The molecule has 2 aromatic rings. The normalized spacial score (nSPS) is 18.3. The predicted molar refractivity (Wildman–Crippen MR) is 83.9 cm³/mol. The minimum Gasteiger partial charge on any atom is -0.465 e. The first-order valence-corrected chi connectivity index (χ1v) is 7.26. The van der Waals surface area contributed by atoms with Crippen molar-refractivity contribution in [2.45, 2.75) is 13.0 Å². The minimum absolute atomic E-state index is 0.0601. The van der Waals surface area contributed by atoms with E-state index in [1.165, 1.54) is 4.90 Å². The first-order valence-electron chi connectivity index (χ1n) is 7.26. The van der Waals surface area contributed by atoms with Crippen LogP contribution in [0.3, 0.4) is 0 Å². The Labute approximate surface area is 129 Å².